The number of carbonyl (C=O) groups is 1. The first-order valence-electron chi connectivity index (χ1n) is 8.56. The lowest BCUT2D eigenvalue weighted by molar-refractivity contribution is -0.123. The molecule has 3 aromatic carbocycles. The third-order valence-electron chi connectivity index (χ3n) is 3.62. The van der Waals surface area contributed by atoms with Gasteiger partial charge in [-0.1, -0.05) is 60.7 Å². The fourth-order valence-electron chi connectivity index (χ4n) is 2.30. The minimum Gasteiger partial charge on any atom is -0.489 e. The van der Waals surface area contributed by atoms with Gasteiger partial charge < -0.3 is 9.47 Å². The molecule has 3 aromatic rings. The fraction of sp³-hybridized carbons (Fsp3) is 0.0909. The molecule has 0 saturated carbocycles. The second kappa shape index (κ2) is 9.77. The van der Waals surface area contributed by atoms with Gasteiger partial charge >= 0.3 is 0 Å². The van der Waals surface area contributed by atoms with Gasteiger partial charge in [-0.3, -0.25) is 4.79 Å². The van der Waals surface area contributed by atoms with Crippen molar-refractivity contribution in [2.24, 2.45) is 5.10 Å². The number of hydrogen-bond donors (Lipinski definition) is 1. The second-order valence-electron chi connectivity index (χ2n) is 5.74. The van der Waals surface area contributed by atoms with Crippen molar-refractivity contribution in [2.45, 2.75) is 6.61 Å². The van der Waals surface area contributed by atoms with Crippen LogP contribution < -0.4 is 14.9 Å². The number of rotatable bonds is 8. The highest BCUT2D eigenvalue weighted by atomic mass is 16.5. The van der Waals surface area contributed by atoms with Gasteiger partial charge in [-0.2, -0.15) is 5.10 Å². The second-order valence-corrected chi connectivity index (χ2v) is 5.74. The third kappa shape index (κ3) is 6.32. The molecule has 0 heterocycles. The van der Waals surface area contributed by atoms with Crippen molar-refractivity contribution in [1.82, 2.24) is 5.43 Å². The molecule has 0 aliphatic carbocycles. The van der Waals surface area contributed by atoms with Crippen molar-refractivity contribution in [3.05, 3.63) is 96.1 Å². The summed E-state index contributed by atoms with van der Waals surface area (Å²) in [6.45, 7) is 0.399. The molecule has 0 aromatic heterocycles. The number of benzene rings is 3. The number of nitrogens with one attached hydrogen (secondary N) is 1. The summed E-state index contributed by atoms with van der Waals surface area (Å²) in [6, 6.07) is 26.6. The predicted molar refractivity (Wildman–Crippen MR) is 105 cm³/mol. The van der Waals surface area contributed by atoms with Crippen LogP contribution in [0, 0.1) is 0 Å². The average molecular weight is 360 g/mol. The van der Waals surface area contributed by atoms with Crippen molar-refractivity contribution in [3.8, 4) is 11.5 Å². The number of hydrazone groups is 1. The van der Waals surface area contributed by atoms with E-state index >= 15 is 0 Å². The van der Waals surface area contributed by atoms with E-state index in [1.165, 1.54) is 0 Å². The molecule has 0 unspecified atom stereocenters. The van der Waals surface area contributed by atoms with E-state index in [0.717, 1.165) is 16.9 Å². The quantitative estimate of drug-likeness (QED) is 0.491. The molecular weight excluding hydrogens is 340 g/mol. The SMILES string of the molecule is O=C(COc1ccccc1)N/N=C/c1cccc(OCc2ccccc2)c1. The van der Waals surface area contributed by atoms with Gasteiger partial charge in [0.15, 0.2) is 6.61 Å². The molecule has 0 aliphatic rings. The Morgan fingerprint density at radius 2 is 1.56 bits per heavy atom. The zero-order valence-electron chi connectivity index (χ0n) is 14.7. The Kier molecular flexibility index (Phi) is 6.59. The van der Waals surface area contributed by atoms with Crippen LogP contribution in [0.2, 0.25) is 0 Å². The fourth-order valence-corrected chi connectivity index (χ4v) is 2.30. The van der Waals surface area contributed by atoms with E-state index in [1.54, 1.807) is 18.3 Å². The summed E-state index contributed by atoms with van der Waals surface area (Å²) in [5.74, 6) is 1.05. The summed E-state index contributed by atoms with van der Waals surface area (Å²) in [7, 11) is 0. The van der Waals surface area contributed by atoms with Crippen LogP contribution in [0.5, 0.6) is 11.5 Å². The topological polar surface area (TPSA) is 59.9 Å². The minimum atomic E-state index is -0.327. The van der Waals surface area contributed by atoms with E-state index in [0.29, 0.717) is 12.4 Å². The van der Waals surface area contributed by atoms with Crippen LogP contribution in [0.1, 0.15) is 11.1 Å². The highest BCUT2D eigenvalue weighted by Crippen LogP contribution is 2.14. The Bertz CT molecular complexity index is 880. The average Bonchev–Trinajstić information content (AvgIpc) is 2.73. The van der Waals surface area contributed by atoms with E-state index in [2.05, 4.69) is 10.5 Å². The van der Waals surface area contributed by atoms with Crippen LogP contribution >= 0.6 is 0 Å². The molecule has 1 amide bonds. The Morgan fingerprint density at radius 3 is 2.33 bits per heavy atom. The summed E-state index contributed by atoms with van der Waals surface area (Å²) in [6.07, 6.45) is 1.57. The molecule has 0 bridgehead atoms. The Labute approximate surface area is 158 Å². The van der Waals surface area contributed by atoms with Gasteiger partial charge in [0.1, 0.15) is 18.1 Å². The normalized spacial score (nSPS) is 10.5. The molecule has 0 radical (unpaired) electrons. The highest BCUT2D eigenvalue weighted by Gasteiger charge is 2.01. The van der Waals surface area contributed by atoms with Gasteiger partial charge in [0.2, 0.25) is 0 Å². The van der Waals surface area contributed by atoms with Gasteiger partial charge in [-0.05, 0) is 35.4 Å². The lowest BCUT2D eigenvalue weighted by Gasteiger charge is -2.07. The molecule has 0 spiro atoms. The van der Waals surface area contributed by atoms with Crippen LogP contribution in [-0.4, -0.2) is 18.7 Å². The van der Waals surface area contributed by atoms with Gasteiger partial charge in [-0.25, -0.2) is 5.43 Å². The summed E-state index contributed by atoms with van der Waals surface area (Å²) in [5, 5.41) is 3.95. The smallest absolute Gasteiger partial charge is 0.277 e. The van der Waals surface area contributed by atoms with Crippen molar-refractivity contribution in [3.63, 3.8) is 0 Å². The molecule has 1 N–H and O–H groups in total. The first-order valence-corrected chi connectivity index (χ1v) is 8.56. The van der Waals surface area contributed by atoms with Crippen molar-refractivity contribution in [1.29, 1.82) is 0 Å². The van der Waals surface area contributed by atoms with E-state index < -0.39 is 0 Å². The van der Waals surface area contributed by atoms with Crippen LogP contribution in [0.4, 0.5) is 0 Å². The standard InChI is InChI=1S/C22H20N2O3/c25-22(17-27-20-11-5-2-6-12-20)24-23-15-19-10-7-13-21(14-19)26-16-18-8-3-1-4-9-18/h1-15H,16-17H2,(H,24,25)/b23-15+. The number of hydrogen-bond acceptors (Lipinski definition) is 4. The molecule has 0 aliphatic heterocycles. The molecule has 27 heavy (non-hydrogen) atoms. The van der Waals surface area contributed by atoms with Crippen molar-refractivity contribution in [2.75, 3.05) is 6.61 Å². The number of nitrogens with zero attached hydrogens (tertiary/aromatic N) is 1. The Morgan fingerprint density at radius 1 is 0.852 bits per heavy atom. The number of carbonyl (C=O) groups excluding carboxylic acids is 1. The minimum absolute atomic E-state index is 0.0957. The van der Waals surface area contributed by atoms with Crippen LogP contribution in [0.15, 0.2) is 90.0 Å². The van der Waals surface area contributed by atoms with Crippen LogP contribution in [0.25, 0.3) is 0 Å². The monoisotopic (exact) mass is 360 g/mol. The summed E-state index contributed by atoms with van der Waals surface area (Å²) in [5.41, 5.74) is 4.37. The summed E-state index contributed by atoms with van der Waals surface area (Å²) in [4.78, 5) is 11.8. The zero-order valence-corrected chi connectivity index (χ0v) is 14.7. The first-order chi connectivity index (χ1) is 13.3. The third-order valence-corrected chi connectivity index (χ3v) is 3.62. The molecule has 0 atom stereocenters. The maximum atomic E-state index is 11.8. The van der Waals surface area contributed by atoms with Gasteiger partial charge in [-0.15, -0.1) is 0 Å². The molecule has 136 valence electrons. The maximum absolute atomic E-state index is 11.8. The number of amides is 1. The summed E-state index contributed by atoms with van der Waals surface area (Å²) < 4.78 is 11.1. The lowest BCUT2D eigenvalue weighted by atomic mass is 10.2. The van der Waals surface area contributed by atoms with Gasteiger partial charge in [0.05, 0.1) is 6.21 Å². The van der Waals surface area contributed by atoms with E-state index in [-0.39, 0.29) is 12.5 Å². The largest absolute Gasteiger partial charge is 0.489 e. The van der Waals surface area contributed by atoms with Gasteiger partial charge in [0.25, 0.3) is 5.91 Å². The van der Waals surface area contributed by atoms with E-state index in [9.17, 15) is 4.79 Å². The van der Waals surface area contributed by atoms with Crippen LogP contribution in [-0.2, 0) is 11.4 Å². The first kappa shape index (κ1) is 18.2. The molecule has 5 heteroatoms. The zero-order chi connectivity index (χ0) is 18.7. The Hall–Kier alpha value is -3.60. The van der Waals surface area contributed by atoms with E-state index in [1.807, 2.05) is 72.8 Å². The summed E-state index contributed by atoms with van der Waals surface area (Å²) >= 11 is 0. The van der Waals surface area contributed by atoms with E-state index in [4.69, 9.17) is 9.47 Å². The molecular formula is C22H20N2O3. The maximum Gasteiger partial charge on any atom is 0.277 e. The molecule has 5 nitrogen and oxygen atoms in total. The Balaban J connectivity index is 1.46. The number of ether oxygens (including phenoxy) is 2. The van der Waals surface area contributed by atoms with Crippen LogP contribution in [0.3, 0.4) is 0 Å². The van der Waals surface area contributed by atoms with Crippen molar-refractivity contribution >= 4 is 12.1 Å². The lowest BCUT2D eigenvalue weighted by Crippen LogP contribution is -2.24. The number of para-hydroxylation sites is 1. The predicted octanol–water partition coefficient (Wildman–Crippen LogP) is 3.79. The highest BCUT2D eigenvalue weighted by molar-refractivity contribution is 5.83. The van der Waals surface area contributed by atoms with Crippen molar-refractivity contribution < 1.29 is 14.3 Å². The van der Waals surface area contributed by atoms with Gasteiger partial charge in [0, 0.05) is 0 Å². The molecule has 0 saturated heterocycles. The molecule has 3 rings (SSSR count). The molecule has 0 fully saturated rings.